The predicted octanol–water partition coefficient (Wildman–Crippen LogP) is 2.91. The molecule has 0 spiro atoms. The van der Waals surface area contributed by atoms with Crippen molar-refractivity contribution in [2.75, 3.05) is 13.1 Å². The predicted molar refractivity (Wildman–Crippen MR) is 78.8 cm³/mol. The molecule has 1 aliphatic rings. The highest BCUT2D eigenvalue weighted by Gasteiger charge is 2.20. The minimum Gasteiger partial charge on any atom is -0.327 e. The molecule has 1 aromatic rings. The summed E-state index contributed by atoms with van der Waals surface area (Å²) in [5, 5.41) is 0. The second kappa shape index (κ2) is 6.98. The van der Waals surface area contributed by atoms with Gasteiger partial charge in [0.15, 0.2) is 0 Å². The lowest BCUT2D eigenvalue weighted by Gasteiger charge is -2.30. The normalized spacial score (nSPS) is 20.6. The highest BCUT2D eigenvalue weighted by Crippen LogP contribution is 2.21. The van der Waals surface area contributed by atoms with Crippen molar-refractivity contribution in [3.63, 3.8) is 0 Å². The Hall–Kier alpha value is 0.0200. The van der Waals surface area contributed by atoms with Crippen molar-refractivity contribution < 1.29 is 8.78 Å². The van der Waals surface area contributed by atoms with Gasteiger partial charge in [0.25, 0.3) is 0 Å². The Balaban J connectivity index is 0.00000162. The molecule has 0 saturated carbocycles. The van der Waals surface area contributed by atoms with Gasteiger partial charge in [0.2, 0.25) is 0 Å². The monoisotopic (exact) mass is 388 g/mol. The van der Waals surface area contributed by atoms with Gasteiger partial charge in [0.1, 0.15) is 11.6 Å². The van der Waals surface area contributed by atoms with E-state index in [0.717, 1.165) is 19.4 Å². The Kier molecular flexibility index (Phi) is 6.23. The van der Waals surface area contributed by atoms with Gasteiger partial charge in [-0.05, 0) is 54.1 Å². The molecular formula is C12H16ClF2IN2. The van der Waals surface area contributed by atoms with Gasteiger partial charge in [-0.25, -0.2) is 8.78 Å². The van der Waals surface area contributed by atoms with Gasteiger partial charge in [-0.15, -0.1) is 12.4 Å². The van der Waals surface area contributed by atoms with Crippen molar-refractivity contribution >= 4 is 35.0 Å². The van der Waals surface area contributed by atoms with E-state index < -0.39 is 11.6 Å². The molecule has 0 radical (unpaired) electrons. The first-order valence-electron chi connectivity index (χ1n) is 5.68. The van der Waals surface area contributed by atoms with Crippen molar-refractivity contribution in [2.45, 2.75) is 25.4 Å². The first kappa shape index (κ1) is 16.1. The number of likely N-dealkylation sites (tertiary alicyclic amines) is 1. The standard InChI is InChI=1S/C12H15F2IN2.ClH/c13-10-3-4-11(15)12(14)9(10)7-17-5-1-2-8(16)6-17;/h3-4,8H,1-2,5-7,16H2;1H/t8-;/m1./s1. The molecule has 6 heteroatoms. The fourth-order valence-corrected chi connectivity index (χ4v) is 2.68. The molecule has 102 valence electrons. The van der Waals surface area contributed by atoms with E-state index in [2.05, 4.69) is 0 Å². The average Bonchev–Trinajstić information content (AvgIpc) is 2.30. The Morgan fingerprint density at radius 1 is 1.39 bits per heavy atom. The maximum Gasteiger partial charge on any atom is 0.143 e. The van der Waals surface area contributed by atoms with Crippen LogP contribution in [-0.4, -0.2) is 24.0 Å². The molecule has 2 nitrogen and oxygen atoms in total. The van der Waals surface area contributed by atoms with Crippen molar-refractivity contribution in [3.05, 3.63) is 32.9 Å². The summed E-state index contributed by atoms with van der Waals surface area (Å²) in [4.78, 5) is 2.02. The molecule has 1 aromatic carbocycles. The zero-order chi connectivity index (χ0) is 12.4. The minimum absolute atomic E-state index is 0. The molecule has 0 aromatic heterocycles. The van der Waals surface area contributed by atoms with Crippen molar-refractivity contribution in [1.29, 1.82) is 0 Å². The van der Waals surface area contributed by atoms with E-state index in [-0.39, 0.29) is 24.0 Å². The van der Waals surface area contributed by atoms with Crippen LogP contribution < -0.4 is 5.73 Å². The summed E-state index contributed by atoms with van der Waals surface area (Å²) in [6.45, 7) is 1.88. The van der Waals surface area contributed by atoms with Gasteiger partial charge in [-0.3, -0.25) is 4.90 Å². The largest absolute Gasteiger partial charge is 0.327 e. The second-order valence-electron chi connectivity index (χ2n) is 4.46. The van der Waals surface area contributed by atoms with Crippen LogP contribution in [-0.2, 0) is 6.54 Å². The molecule has 2 rings (SSSR count). The van der Waals surface area contributed by atoms with Crippen LogP contribution in [0.2, 0.25) is 0 Å². The maximum absolute atomic E-state index is 13.8. The van der Waals surface area contributed by atoms with E-state index in [0.29, 0.717) is 16.7 Å². The Morgan fingerprint density at radius 3 is 2.78 bits per heavy atom. The molecule has 1 atom stereocenters. The third-order valence-electron chi connectivity index (χ3n) is 3.06. The zero-order valence-electron chi connectivity index (χ0n) is 9.83. The topological polar surface area (TPSA) is 29.3 Å². The Morgan fingerprint density at radius 2 is 2.11 bits per heavy atom. The minimum atomic E-state index is -0.470. The van der Waals surface area contributed by atoms with Gasteiger partial charge in [0, 0.05) is 28.3 Å². The van der Waals surface area contributed by atoms with Gasteiger partial charge in [0.05, 0.1) is 0 Å². The highest BCUT2D eigenvalue weighted by molar-refractivity contribution is 14.1. The molecule has 0 bridgehead atoms. The lowest BCUT2D eigenvalue weighted by atomic mass is 10.1. The molecule has 18 heavy (non-hydrogen) atoms. The fraction of sp³-hybridized carbons (Fsp3) is 0.500. The van der Waals surface area contributed by atoms with Crippen LogP contribution in [0.3, 0.4) is 0 Å². The van der Waals surface area contributed by atoms with E-state index in [1.54, 1.807) is 0 Å². The zero-order valence-corrected chi connectivity index (χ0v) is 12.8. The summed E-state index contributed by atoms with van der Waals surface area (Å²) < 4.78 is 27.8. The van der Waals surface area contributed by atoms with Crippen LogP contribution in [0.15, 0.2) is 12.1 Å². The molecule has 1 fully saturated rings. The van der Waals surface area contributed by atoms with E-state index >= 15 is 0 Å². The molecule has 1 heterocycles. The molecule has 1 saturated heterocycles. The summed E-state index contributed by atoms with van der Waals surface area (Å²) in [6, 6.07) is 2.90. The van der Waals surface area contributed by atoms with Crippen molar-refractivity contribution in [2.24, 2.45) is 5.73 Å². The lowest BCUT2D eigenvalue weighted by molar-refractivity contribution is 0.196. The molecule has 0 unspecified atom stereocenters. The summed E-state index contributed by atoms with van der Waals surface area (Å²) in [6.07, 6.45) is 1.99. The molecule has 2 N–H and O–H groups in total. The van der Waals surface area contributed by atoms with E-state index in [9.17, 15) is 8.78 Å². The quantitative estimate of drug-likeness (QED) is 0.623. The van der Waals surface area contributed by atoms with Crippen LogP contribution >= 0.6 is 35.0 Å². The number of benzene rings is 1. The molecule has 1 aliphatic heterocycles. The molecule has 0 aliphatic carbocycles. The first-order chi connectivity index (χ1) is 8.08. The SMILES string of the molecule is Cl.N[C@@H]1CCCN(Cc2c(F)ccc(I)c2F)C1. The average molecular weight is 389 g/mol. The van der Waals surface area contributed by atoms with Crippen LogP contribution in [0.5, 0.6) is 0 Å². The number of nitrogens with two attached hydrogens (primary N) is 1. The van der Waals surface area contributed by atoms with Gasteiger partial charge >= 0.3 is 0 Å². The number of piperidine rings is 1. The van der Waals surface area contributed by atoms with Crippen LogP contribution in [0.4, 0.5) is 8.78 Å². The van der Waals surface area contributed by atoms with Crippen LogP contribution in [0.1, 0.15) is 18.4 Å². The highest BCUT2D eigenvalue weighted by atomic mass is 127. The maximum atomic E-state index is 13.8. The smallest absolute Gasteiger partial charge is 0.143 e. The first-order valence-corrected chi connectivity index (χ1v) is 6.76. The number of hydrogen-bond donors (Lipinski definition) is 1. The summed E-state index contributed by atoms with van der Waals surface area (Å²) >= 11 is 1.88. The van der Waals surface area contributed by atoms with Crippen molar-refractivity contribution in [3.8, 4) is 0 Å². The van der Waals surface area contributed by atoms with Crippen LogP contribution in [0, 0.1) is 15.2 Å². The number of hydrogen-bond acceptors (Lipinski definition) is 2. The Bertz CT molecular complexity index is 417. The third kappa shape index (κ3) is 3.76. The number of halogens is 4. The fourth-order valence-electron chi connectivity index (χ4n) is 2.17. The van der Waals surface area contributed by atoms with Gasteiger partial charge in [-0.1, -0.05) is 0 Å². The summed E-state index contributed by atoms with van der Waals surface area (Å²) in [5.74, 6) is -0.910. The summed E-state index contributed by atoms with van der Waals surface area (Å²) in [7, 11) is 0. The second-order valence-corrected chi connectivity index (χ2v) is 5.62. The van der Waals surface area contributed by atoms with Gasteiger partial charge < -0.3 is 5.73 Å². The van der Waals surface area contributed by atoms with E-state index in [1.807, 2.05) is 27.5 Å². The van der Waals surface area contributed by atoms with E-state index in [4.69, 9.17) is 5.73 Å². The molecule has 0 amide bonds. The number of rotatable bonds is 2. The summed E-state index contributed by atoms with van der Waals surface area (Å²) in [5.41, 5.74) is 6.01. The lowest BCUT2D eigenvalue weighted by Crippen LogP contribution is -2.42. The van der Waals surface area contributed by atoms with Crippen LogP contribution in [0.25, 0.3) is 0 Å². The van der Waals surface area contributed by atoms with Crippen molar-refractivity contribution in [1.82, 2.24) is 4.90 Å². The number of nitrogens with zero attached hydrogens (tertiary/aromatic N) is 1. The molecular weight excluding hydrogens is 372 g/mol. The van der Waals surface area contributed by atoms with E-state index in [1.165, 1.54) is 12.1 Å². The van der Waals surface area contributed by atoms with Gasteiger partial charge in [-0.2, -0.15) is 0 Å². The Labute approximate surface area is 125 Å². The third-order valence-corrected chi connectivity index (χ3v) is 3.90.